The molecule has 3 rings (SSSR count). The molecule has 0 aromatic carbocycles. The predicted octanol–water partition coefficient (Wildman–Crippen LogP) is 2.27. The zero-order valence-electron chi connectivity index (χ0n) is 11.9. The van der Waals surface area contributed by atoms with Gasteiger partial charge in [0.05, 0.1) is 6.20 Å². The van der Waals surface area contributed by atoms with Crippen LogP contribution in [-0.4, -0.2) is 24.7 Å². The molecule has 0 spiro atoms. The van der Waals surface area contributed by atoms with Crippen molar-refractivity contribution in [2.24, 2.45) is 7.05 Å². The molecular weight excluding hydrogens is 306 g/mol. The second-order valence-electron chi connectivity index (χ2n) is 5.64. The highest BCUT2D eigenvalue weighted by molar-refractivity contribution is 7.89. The molecule has 2 heterocycles. The number of aryl methyl sites for hydroxylation is 1. The maximum Gasteiger partial charge on any atom is 0.243 e. The minimum Gasteiger partial charge on any atom is -0.274 e. The van der Waals surface area contributed by atoms with Gasteiger partial charge >= 0.3 is 0 Å². The van der Waals surface area contributed by atoms with E-state index in [4.69, 9.17) is 0 Å². The molecule has 0 radical (unpaired) electrons. The number of thiophene rings is 1. The third-order valence-corrected chi connectivity index (χ3v) is 6.67. The van der Waals surface area contributed by atoms with Crippen molar-refractivity contribution in [3.63, 3.8) is 0 Å². The second-order valence-corrected chi connectivity index (χ2v) is 8.35. The van der Waals surface area contributed by atoms with E-state index in [1.54, 1.807) is 18.4 Å². The zero-order chi connectivity index (χ0) is 14.9. The maximum absolute atomic E-state index is 12.4. The molecule has 21 heavy (non-hydrogen) atoms. The van der Waals surface area contributed by atoms with Crippen molar-refractivity contribution >= 4 is 21.4 Å². The van der Waals surface area contributed by atoms with E-state index >= 15 is 0 Å². The van der Waals surface area contributed by atoms with Crippen LogP contribution in [0.5, 0.6) is 0 Å². The van der Waals surface area contributed by atoms with Crippen LogP contribution < -0.4 is 4.72 Å². The smallest absolute Gasteiger partial charge is 0.243 e. The summed E-state index contributed by atoms with van der Waals surface area (Å²) in [4.78, 5) is 1.51. The molecule has 0 amide bonds. The fourth-order valence-electron chi connectivity index (χ4n) is 3.00. The molecule has 1 N–H and O–H groups in total. The minimum absolute atomic E-state index is 0.0382. The summed E-state index contributed by atoms with van der Waals surface area (Å²) in [5.74, 6) is 0. The zero-order valence-corrected chi connectivity index (χ0v) is 13.6. The summed E-state index contributed by atoms with van der Waals surface area (Å²) in [6, 6.07) is 4.16. The van der Waals surface area contributed by atoms with E-state index in [0.717, 1.165) is 25.7 Å². The lowest BCUT2D eigenvalue weighted by atomic mass is 9.85. The summed E-state index contributed by atoms with van der Waals surface area (Å²) in [7, 11) is -1.77. The monoisotopic (exact) mass is 325 g/mol. The molecular formula is C14H19N3O2S2. The number of hydrogen-bond acceptors (Lipinski definition) is 4. The summed E-state index contributed by atoms with van der Waals surface area (Å²) in [6.45, 7) is 0.463. The Morgan fingerprint density at radius 3 is 2.76 bits per heavy atom. The molecule has 114 valence electrons. The SMILES string of the molecule is Cn1cc(S(=O)(=O)NCC2(c3cccs3)CCCC2)cn1. The van der Waals surface area contributed by atoms with Crippen molar-refractivity contribution < 1.29 is 8.42 Å². The Balaban J connectivity index is 1.79. The first kappa shape index (κ1) is 14.7. The van der Waals surface area contributed by atoms with Gasteiger partial charge in [-0.1, -0.05) is 18.9 Å². The number of nitrogens with zero attached hydrogens (tertiary/aromatic N) is 2. The first-order valence-electron chi connectivity index (χ1n) is 7.04. The summed E-state index contributed by atoms with van der Waals surface area (Å²) in [5, 5.41) is 5.99. The average Bonchev–Trinajstić information content (AvgIpc) is 3.18. The normalized spacial score (nSPS) is 18.1. The van der Waals surface area contributed by atoms with Gasteiger partial charge in [-0.15, -0.1) is 11.3 Å². The Morgan fingerprint density at radius 2 is 2.19 bits per heavy atom. The molecule has 0 bridgehead atoms. The van der Waals surface area contributed by atoms with E-state index in [9.17, 15) is 8.42 Å². The molecule has 1 fully saturated rings. The van der Waals surface area contributed by atoms with Crippen LogP contribution in [0.2, 0.25) is 0 Å². The third-order valence-electron chi connectivity index (χ3n) is 4.20. The van der Waals surface area contributed by atoms with Gasteiger partial charge in [0.15, 0.2) is 0 Å². The van der Waals surface area contributed by atoms with Gasteiger partial charge in [-0.3, -0.25) is 4.68 Å². The molecule has 0 atom stereocenters. The number of sulfonamides is 1. The van der Waals surface area contributed by atoms with Gasteiger partial charge in [0, 0.05) is 30.1 Å². The van der Waals surface area contributed by atoms with Crippen molar-refractivity contribution in [3.8, 4) is 0 Å². The maximum atomic E-state index is 12.4. The second kappa shape index (κ2) is 5.55. The fourth-order valence-corrected chi connectivity index (χ4v) is 5.09. The lowest BCUT2D eigenvalue weighted by Gasteiger charge is -2.28. The Bertz CT molecular complexity index is 698. The lowest BCUT2D eigenvalue weighted by molar-refractivity contribution is 0.440. The highest BCUT2D eigenvalue weighted by Crippen LogP contribution is 2.42. The highest BCUT2D eigenvalue weighted by atomic mass is 32.2. The van der Waals surface area contributed by atoms with Crippen LogP contribution >= 0.6 is 11.3 Å². The average molecular weight is 325 g/mol. The first-order chi connectivity index (χ1) is 10.0. The van der Waals surface area contributed by atoms with E-state index in [0.29, 0.717) is 6.54 Å². The Morgan fingerprint density at radius 1 is 1.43 bits per heavy atom. The Labute approximate surface area is 129 Å². The summed E-state index contributed by atoms with van der Waals surface area (Å²) in [6.07, 6.45) is 7.31. The van der Waals surface area contributed by atoms with Gasteiger partial charge in [-0.05, 0) is 24.3 Å². The highest BCUT2D eigenvalue weighted by Gasteiger charge is 2.37. The van der Waals surface area contributed by atoms with Crippen molar-refractivity contribution in [1.29, 1.82) is 0 Å². The molecule has 1 aliphatic rings. The van der Waals surface area contributed by atoms with E-state index in [-0.39, 0.29) is 10.3 Å². The van der Waals surface area contributed by atoms with E-state index < -0.39 is 10.0 Å². The molecule has 2 aromatic heterocycles. The number of aromatic nitrogens is 2. The quantitative estimate of drug-likeness (QED) is 0.917. The van der Waals surface area contributed by atoms with Crippen LogP contribution in [0.25, 0.3) is 0 Å². The fraction of sp³-hybridized carbons (Fsp3) is 0.500. The number of rotatable bonds is 5. The van der Waals surface area contributed by atoms with Gasteiger partial charge in [-0.2, -0.15) is 5.10 Å². The standard InChI is InChI=1S/C14H19N3O2S2/c1-17-10-12(9-15-17)21(18,19)16-11-14(6-2-3-7-14)13-5-4-8-20-13/h4-5,8-10,16H,2-3,6-7,11H2,1H3. The largest absolute Gasteiger partial charge is 0.274 e. The molecule has 0 saturated heterocycles. The van der Waals surface area contributed by atoms with Crippen molar-refractivity contribution in [3.05, 3.63) is 34.8 Å². The molecule has 0 unspecified atom stereocenters. The van der Waals surface area contributed by atoms with Crippen molar-refractivity contribution in [2.75, 3.05) is 6.54 Å². The van der Waals surface area contributed by atoms with Gasteiger partial charge in [0.1, 0.15) is 4.90 Å². The van der Waals surface area contributed by atoms with Crippen LogP contribution in [-0.2, 0) is 22.5 Å². The van der Waals surface area contributed by atoms with Gasteiger partial charge in [0.25, 0.3) is 0 Å². The van der Waals surface area contributed by atoms with E-state index in [1.807, 2.05) is 6.07 Å². The summed E-state index contributed by atoms with van der Waals surface area (Å²) >= 11 is 1.72. The van der Waals surface area contributed by atoms with Gasteiger partial charge < -0.3 is 0 Å². The van der Waals surface area contributed by atoms with Gasteiger partial charge in [0.2, 0.25) is 10.0 Å². The van der Waals surface area contributed by atoms with E-state index in [1.165, 1.54) is 22.0 Å². The summed E-state index contributed by atoms with van der Waals surface area (Å²) in [5.41, 5.74) is -0.0382. The van der Waals surface area contributed by atoms with Crippen molar-refractivity contribution in [1.82, 2.24) is 14.5 Å². The van der Waals surface area contributed by atoms with Crippen LogP contribution in [0.3, 0.4) is 0 Å². The van der Waals surface area contributed by atoms with Gasteiger partial charge in [-0.25, -0.2) is 13.1 Å². The number of nitrogens with one attached hydrogen (secondary N) is 1. The predicted molar refractivity (Wildman–Crippen MR) is 82.9 cm³/mol. The molecule has 2 aromatic rings. The summed E-state index contributed by atoms with van der Waals surface area (Å²) < 4.78 is 29.0. The molecule has 1 saturated carbocycles. The first-order valence-corrected chi connectivity index (χ1v) is 9.40. The van der Waals surface area contributed by atoms with Crippen LogP contribution in [0.1, 0.15) is 30.6 Å². The third kappa shape index (κ3) is 2.90. The molecule has 1 aliphatic carbocycles. The van der Waals surface area contributed by atoms with E-state index in [2.05, 4.69) is 21.3 Å². The molecule has 7 heteroatoms. The lowest BCUT2D eigenvalue weighted by Crippen LogP contribution is -2.38. The van der Waals surface area contributed by atoms with Crippen LogP contribution in [0.15, 0.2) is 34.8 Å². The minimum atomic E-state index is -3.48. The molecule has 5 nitrogen and oxygen atoms in total. The Hall–Kier alpha value is -1.18. The Kier molecular flexibility index (Phi) is 3.90. The van der Waals surface area contributed by atoms with Crippen LogP contribution in [0, 0.1) is 0 Å². The number of hydrogen-bond donors (Lipinski definition) is 1. The topological polar surface area (TPSA) is 64.0 Å². The van der Waals surface area contributed by atoms with Crippen LogP contribution in [0.4, 0.5) is 0 Å². The van der Waals surface area contributed by atoms with Crippen molar-refractivity contribution in [2.45, 2.75) is 36.0 Å². The molecule has 0 aliphatic heterocycles.